The molecule has 0 saturated carbocycles. The summed E-state index contributed by atoms with van der Waals surface area (Å²) in [7, 11) is 0. The number of nitrogens with one attached hydrogen (secondary N) is 4. The average Bonchev–Trinajstić information content (AvgIpc) is 3.03. The summed E-state index contributed by atoms with van der Waals surface area (Å²) in [4.78, 5) is 32.0. The number of urea groups is 1. The molecular formula is C25H28Cl2N7O4S+. The molecule has 2 fully saturated rings. The Morgan fingerprint density at radius 3 is 2.72 bits per heavy atom. The highest BCUT2D eigenvalue weighted by atomic mass is 35.5. The fourth-order valence-corrected chi connectivity index (χ4v) is 5.46. The Bertz CT molecular complexity index is 1350. The van der Waals surface area contributed by atoms with Crippen molar-refractivity contribution in [1.82, 2.24) is 16.0 Å². The number of rotatable bonds is 4. The number of ether oxygens (including phenoxy) is 1. The summed E-state index contributed by atoms with van der Waals surface area (Å²) in [5.41, 5.74) is 2.01. The van der Waals surface area contributed by atoms with Crippen molar-refractivity contribution in [2.24, 2.45) is 10.4 Å². The number of nitrogens with zero attached hydrogens (tertiary/aromatic N) is 2. The van der Waals surface area contributed by atoms with Gasteiger partial charge in [-0.05, 0) is 49.5 Å². The lowest BCUT2D eigenvalue weighted by molar-refractivity contribution is -0.484. The number of hydrogen-bond donors (Lipinski definition) is 6. The molecule has 2 saturated heterocycles. The number of carbonyl (C=O) groups excluding carboxylic acids is 2. The summed E-state index contributed by atoms with van der Waals surface area (Å²) < 4.78 is 5.41. The topological polar surface area (TPSA) is 144 Å². The molecule has 0 aliphatic carbocycles. The third kappa shape index (κ3) is 5.81. The molecular weight excluding hydrogens is 565 g/mol. The van der Waals surface area contributed by atoms with Crippen LogP contribution in [0.5, 0.6) is 0 Å². The summed E-state index contributed by atoms with van der Waals surface area (Å²) >= 11 is 18.4. The molecule has 39 heavy (non-hydrogen) atoms. The maximum Gasteiger partial charge on any atom is 0.360 e. The lowest BCUT2D eigenvalue weighted by atomic mass is 9.78. The number of benzodiazepines with no additional fused rings is 1. The second-order valence-corrected chi connectivity index (χ2v) is 10.9. The molecule has 0 bridgehead atoms. The zero-order chi connectivity index (χ0) is 27.7. The summed E-state index contributed by atoms with van der Waals surface area (Å²) in [6, 6.07) is 10.1. The molecule has 5 rings (SSSR count). The minimum absolute atomic E-state index is 0.0857. The first-order valence-corrected chi connectivity index (χ1v) is 13.5. The number of amides is 3. The van der Waals surface area contributed by atoms with E-state index >= 15 is 0 Å². The van der Waals surface area contributed by atoms with E-state index in [4.69, 9.17) is 45.1 Å². The quantitative estimate of drug-likeness (QED) is 0.230. The molecule has 0 radical (unpaired) electrons. The number of fused-ring (bicyclic) bond motifs is 1. The number of hydrogen-bond acceptors (Lipinski definition) is 7. The second-order valence-electron chi connectivity index (χ2n) is 9.67. The van der Waals surface area contributed by atoms with Gasteiger partial charge in [0, 0.05) is 36.4 Å². The lowest BCUT2D eigenvalue weighted by Gasteiger charge is -2.39. The number of nitrogens with two attached hydrogens (primary N) is 1. The van der Waals surface area contributed by atoms with E-state index in [1.54, 1.807) is 31.2 Å². The van der Waals surface area contributed by atoms with Crippen LogP contribution in [0.1, 0.15) is 12.5 Å². The average molecular weight is 594 g/mol. The largest absolute Gasteiger partial charge is 0.378 e. The van der Waals surface area contributed by atoms with Crippen molar-refractivity contribution >= 4 is 75.2 Å². The Balaban J connectivity index is 1.39. The molecule has 3 heterocycles. The van der Waals surface area contributed by atoms with Crippen LogP contribution in [-0.2, 0) is 9.53 Å². The van der Waals surface area contributed by atoms with E-state index in [0.717, 1.165) is 18.8 Å². The first-order valence-electron chi connectivity index (χ1n) is 12.3. The predicted octanol–water partition coefficient (Wildman–Crippen LogP) is 1.30. The van der Waals surface area contributed by atoms with Gasteiger partial charge in [0.2, 0.25) is 6.17 Å². The van der Waals surface area contributed by atoms with Crippen molar-refractivity contribution in [2.75, 3.05) is 43.1 Å². The molecule has 14 heteroatoms. The monoisotopic (exact) mass is 592 g/mol. The van der Waals surface area contributed by atoms with Crippen molar-refractivity contribution < 1.29 is 24.7 Å². The summed E-state index contributed by atoms with van der Waals surface area (Å²) in [6.45, 7) is 4.64. The molecule has 3 unspecified atom stereocenters. The molecule has 2 aromatic carbocycles. The number of primary amides is 1. The first kappa shape index (κ1) is 27.6. The molecule has 7 N–H and O–H groups in total. The Morgan fingerprint density at radius 1 is 1.23 bits per heavy atom. The minimum atomic E-state index is -1.26. The highest BCUT2D eigenvalue weighted by molar-refractivity contribution is 7.80. The highest BCUT2D eigenvalue weighted by Crippen LogP contribution is 2.33. The molecule has 2 aromatic rings. The number of anilines is 2. The third-order valence-corrected chi connectivity index (χ3v) is 7.71. The van der Waals surface area contributed by atoms with Crippen molar-refractivity contribution in [3.8, 4) is 0 Å². The van der Waals surface area contributed by atoms with Gasteiger partial charge in [-0.1, -0.05) is 23.2 Å². The Morgan fingerprint density at radius 2 is 2.00 bits per heavy atom. The van der Waals surface area contributed by atoms with E-state index in [2.05, 4.69) is 26.2 Å². The van der Waals surface area contributed by atoms with Crippen molar-refractivity contribution in [3.63, 3.8) is 0 Å². The Kier molecular flexibility index (Phi) is 7.94. The molecule has 3 aliphatic heterocycles. The van der Waals surface area contributed by atoms with Crippen LogP contribution in [0, 0.1) is 5.41 Å². The van der Waals surface area contributed by atoms with Gasteiger partial charge in [-0.25, -0.2) is 19.9 Å². The smallest absolute Gasteiger partial charge is 0.360 e. The van der Waals surface area contributed by atoms with Gasteiger partial charge in [0.05, 0.1) is 40.6 Å². The standard InChI is InChI=1S/C25H27Cl2N7O4S/c1-25(12-28-23(37)33-22(25)36)19-15-10-13(26)2-4-17(15)30-21(35)20(31-19)32-24(39)29-14-3-5-18(16(27)11-14)34-6-8-38-9-7-34/h2-5,10-11,20,22,36H,6-9,12H2,1H3,(H,30,35)(H2,28,33,37)(H2,29,32,39)/p+1. The van der Waals surface area contributed by atoms with Gasteiger partial charge < -0.3 is 36.0 Å². The normalized spacial score (nSPS) is 25.0. The van der Waals surface area contributed by atoms with E-state index in [-0.39, 0.29) is 17.6 Å². The molecule has 0 spiro atoms. The van der Waals surface area contributed by atoms with Crippen LogP contribution in [0.3, 0.4) is 0 Å². The number of benzene rings is 2. The fraction of sp³-hybridized carbons (Fsp3) is 0.360. The molecule has 206 valence electrons. The first-order chi connectivity index (χ1) is 18.6. The predicted molar refractivity (Wildman–Crippen MR) is 153 cm³/mol. The van der Waals surface area contributed by atoms with E-state index < -0.39 is 23.8 Å². The van der Waals surface area contributed by atoms with Gasteiger partial charge in [-0.15, -0.1) is 0 Å². The van der Waals surface area contributed by atoms with E-state index in [1.807, 2.05) is 12.1 Å². The van der Waals surface area contributed by atoms with E-state index in [1.165, 1.54) is 5.32 Å². The summed E-state index contributed by atoms with van der Waals surface area (Å²) in [6.07, 6.45) is -2.36. The minimum Gasteiger partial charge on any atom is -0.378 e. The zero-order valence-corrected chi connectivity index (χ0v) is 23.3. The van der Waals surface area contributed by atoms with Gasteiger partial charge in [0.15, 0.2) is 5.11 Å². The number of halogens is 2. The van der Waals surface area contributed by atoms with Gasteiger partial charge in [0.25, 0.3) is 0 Å². The second kappa shape index (κ2) is 11.2. The van der Waals surface area contributed by atoms with Crippen LogP contribution in [0.4, 0.5) is 21.9 Å². The summed E-state index contributed by atoms with van der Waals surface area (Å²) in [5, 5.41) is 24.7. The molecule has 0 aromatic heterocycles. The number of quaternary nitrogens is 1. The van der Waals surface area contributed by atoms with Crippen LogP contribution in [-0.4, -0.2) is 73.1 Å². The number of morpholine rings is 1. The van der Waals surface area contributed by atoms with Gasteiger partial charge in [-0.2, -0.15) is 0 Å². The maximum atomic E-state index is 13.3. The van der Waals surface area contributed by atoms with Crippen LogP contribution < -0.4 is 31.5 Å². The molecule has 3 amide bonds. The fourth-order valence-electron chi connectivity index (χ4n) is 4.76. The van der Waals surface area contributed by atoms with Gasteiger partial charge in [0.1, 0.15) is 11.9 Å². The van der Waals surface area contributed by atoms with E-state index in [9.17, 15) is 14.7 Å². The number of thiocarbonyl (C=S) groups is 1. The molecule has 3 atom stereocenters. The van der Waals surface area contributed by atoms with Crippen LogP contribution in [0.25, 0.3) is 0 Å². The lowest BCUT2D eigenvalue weighted by Crippen LogP contribution is -2.86. The zero-order valence-electron chi connectivity index (χ0n) is 21.0. The Labute approximate surface area is 240 Å². The van der Waals surface area contributed by atoms with Crippen molar-refractivity contribution in [3.05, 3.63) is 52.0 Å². The van der Waals surface area contributed by atoms with Crippen LogP contribution >= 0.6 is 35.4 Å². The van der Waals surface area contributed by atoms with Crippen LogP contribution in [0.2, 0.25) is 10.0 Å². The van der Waals surface area contributed by atoms with Gasteiger partial charge in [-0.3, -0.25) is 0 Å². The Hall–Kier alpha value is -3.00. The highest BCUT2D eigenvalue weighted by Gasteiger charge is 2.46. The molecule has 3 aliphatic rings. The molecule has 11 nitrogen and oxygen atoms in total. The number of carbonyl (C=O) groups is 2. The van der Waals surface area contributed by atoms with Gasteiger partial charge >= 0.3 is 11.9 Å². The summed E-state index contributed by atoms with van der Waals surface area (Å²) in [5.74, 6) is -0.343. The number of aliphatic hydroxyl groups is 1. The van der Waals surface area contributed by atoms with Crippen LogP contribution in [0.15, 0.2) is 41.4 Å². The number of aliphatic imine (C=N–C) groups is 1. The number of aliphatic hydroxyl groups excluding tert-OH is 1. The van der Waals surface area contributed by atoms with E-state index in [0.29, 0.717) is 45.9 Å². The third-order valence-electron chi connectivity index (χ3n) is 6.95. The SMILES string of the molecule is CC1(C2=NC(NC(=S)Nc3ccc(N4CCOCC4)c(Cl)c3)C(=O)[NH2+]c3ccc(Cl)cc32)CNC(=O)NC1O. The van der Waals surface area contributed by atoms with Crippen molar-refractivity contribution in [2.45, 2.75) is 19.3 Å². The van der Waals surface area contributed by atoms with Crippen molar-refractivity contribution in [1.29, 1.82) is 0 Å². The maximum absolute atomic E-state index is 13.3.